The number of benzene rings is 1. The van der Waals surface area contributed by atoms with Gasteiger partial charge in [-0.1, -0.05) is 0 Å². The standard InChI is InChI=1S/C18H24F2N2O4S/c19-18(20)26-16-3-5-17(6-4-16)27(23,24)22-14-1-2-15(22)10-13(9-14)21-12-7-8-25-11-12/h3-6,12-15,18,21H,1-2,7-11H2. The molecule has 3 fully saturated rings. The number of alkyl halides is 2. The maximum absolute atomic E-state index is 13.1. The maximum Gasteiger partial charge on any atom is 0.387 e. The number of hydrogen-bond acceptors (Lipinski definition) is 5. The first-order valence-electron chi connectivity index (χ1n) is 9.35. The molecule has 1 aromatic carbocycles. The molecule has 0 amide bonds. The van der Waals surface area contributed by atoms with Crippen LogP contribution in [0.5, 0.6) is 5.75 Å². The predicted molar refractivity (Wildman–Crippen MR) is 94.3 cm³/mol. The summed E-state index contributed by atoms with van der Waals surface area (Å²) in [4.78, 5) is 0.122. The minimum atomic E-state index is -3.66. The van der Waals surface area contributed by atoms with Crippen LogP contribution >= 0.6 is 0 Å². The number of nitrogens with zero attached hydrogens (tertiary/aromatic N) is 1. The summed E-state index contributed by atoms with van der Waals surface area (Å²) >= 11 is 0. The fraction of sp³-hybridized carbons (Fsp3) is 0.667. The third kappa shape index (κ3) is 3.96. The van der Waals surface area contributed by atoms with Crippen molar-refractivity contribution in [2.24, 2.45) is 0 Å². The van der Waals surface area contributed by atoms with Crippen molar-refractivity contribution in [3.63, 3.8) is 0 Å². The number of hydrogen-bond donors (Lipinski definition) is 1. The van der Waals surface area contributed by atoms with Crippen molar-refractivity contribution in [3.05, 3.63) is 24.3 Å². The minimum Gasteiger partial charge on any atom is -0.435 e. The smallest absolute Gasteiger partial charge is 0.387 e. The highest BCUT2D eigenvalue weighted by Gasteiger charge is 2.47. The van der Waals surface area contributed by atoms with Gasteiger partial charge in [0, 0.05) is 30.8 Å². The zero-order chi connectivity index (χ0) is 19.0. The number of rotatable bonds is 6. The molecule has 3 saturated heterocycles. The Morgan fingerprint density at radius 3 is 2.30 bits per heavy atom. The minimum absolute atomic E-state index is 0.0226. The third-order valence-electron chi connectivity index (χ3n) is 5.69. The van der Waals surface area contributed by atoms with Crippen LogP contribution in [0.3, 0.4) is 0 Å². The number of sulfonamides is 1. The normalized spacial score (nSPS) is 31.5. The molecule has 3 atom stereocenters. The van der Waals surface area contributed by atoms with E-state index in [9.17, 15) is 17.2 Å². The number of nitrogens with one attached hydrogen (secondary N) is 1. The molecular weight excluding hydrogens is 378 g/mol. The first-order valence-corrected chi connectivity index (χ1v) is 10.8. The zero-order valence-electron chi connectivity index (χ0n) is 14.9. The van der Waals surface area contributed by atoms with Gasteiger partial charge in [-0.3, -0.25) is 0 Å². The van der Waals surface area contributed by atoms with Crippen molar-refractivity contribution in [2.75, 3.05) is 13.2 Å². The van der Waals surface area contributed by atoms with Gasteiger partial charge in [0.15, 0.2) is 0 Å². The highest BCUT2D eigenvalue weighted by molar-refractivity contribution is 7.89. The molecule has 3 aliphatic heterocycles. The van der Waals surface area contributed by atoms with Crippen molar-refractivity contribution >= 4 is 10.0 Å². The highest BCUT2D eigenvalue weighted by atomic mass is 32.2. The second-order valence-corrected chi connectivity index (χ2v) is 9.31. The van der Waals surface area contributed by atoms with E-state index in [2.05, 4.69) is 10.1 Å². The lowest BCUT2D eigenvalue weighted by Crippen LogP contribution is -2.53. The Hall–Kier alpha value is -1.29. The van der Waals surface area contributed by atoms with Crippen molar-refractivity contribution in [2.45, 2.75) is 67.8 Å². The maximum atomic E-state index is 13.1. The van der Waals surface area contributed by atoms with E-state index < -0.39 is 16.6 Å². The Morgan fingerprint density at radius 2 is 1.74 bits per heavy atom. The van der Waals surface area contributed by atoms with Crippen molar-refractivity contribution < 1.29 is 26.7 Å². The van der Waals surface area contributed by atoms with Gasteiger partial charge in [-0.25, -0.2) is 8.42 Å². The van der Waals surface area contributed by atoms with Crippen LogP contribution in [0, 0.1) is 0 Å². The predicted octanol–water partition coefficient (Wildman–Crippen LogP) is 2.35. The van der Waals surface area contributed by atoms with Crippen LogP contribution in [-0.4, -0.2) is 56.7 Å². The lowest BCUT2D eigenvalue weighted by atomic mass is 9.98. The molecule has 1 N–H and O–H groups in total. The fourth-order valence-corrected chi connectivity index (χ4v) is 6.47. The van der Waals surface area contributed by atoms with Gasteiger partial charge >= 0.3 is 6.61 Å². The van der Waals surface area contributed by atoms with Crippen LogP contribution in [0.2, 0.25) is 0 Å². The van der Waals surface area contributed by atoms with E-state index in [4.69, 9.17) is 4.74 Å². The van der Waals surface area contributed by atoms with Gasteiger partial charge in [-0.2, -0.15) is 13.1 Å². The summed E-state index contributed by atoms with van der Waals surface area (Å²) < 4.78 is 62.2. The van der Waals surface area contributed by atoms with E-state index in [0.29, 0.717) is 12.1 Å². The van der Waals surface area contributed by atoms with E-state index in [-0.39, 0.29) is 22.7 Å². The Labute approximate surface area is 157 Å². The summed E-state index contributed by atoms with van der Waals surface area (Å²) in [5.41, 5.74) is 0. The Kier molecular flexibility index (Phi) is 5.37. The average molecular weight is 402 g/mol. The summed E-state index contributed by atoms with van der Waals surface area (Å²) in [6.07, 6.45) is 4.30. The van der Waals surface area contributed by atoms with E-state index in [1.807, 2.05) is 0 Å². The molecule has 150 valence electrons. The highest BCUT2D eigenvalue weighted by Crippen LogP contribution is 2.40. The van der Waals surface area contributed by atoms with E-state index in [1.54, 1.807) is 4.31 Å². The van der Waals surface area contributed by atoms with Crippen LogP contribution in [0.25, 0.3) is 0 Å². The summed E-state index contributed by atoms with van der Waals surface area (Å²) in [5, 5.41) is 3.62. The lowest BCUT2D eigenvalue weighted by molar-refractivity contribution is -0.0498. The number of fused-ring (bicyclic) bond motifs is 2. The molecular formula is C18H24F2N2O4S. The molecule has 4 rings (SSSR count). The summed E-state index contributed by atoms with van der Waals surface area (Å²) in [5.74, 6) is -0.0476. The summed E-state index contributed by atoms with van der Waals surface area (Å²) in [6, 6.07) is 5.85. The van der Waals surface area contributed by atoms with Crippen molar-refractivity contribution in [3.8, 4) is 5.75 Å². The Balaban J connectivity index is 1.46. The van der Waals surface area contributed by atoms with Crippen LogP contribution in [0.4, 0.5) is 8.78 Å². The molecule has 6 nitrogen and oxygen atoms in total. The zero-order valence-corrected chi connectivity index (χ0v) is 15.7. The van der Waals surface area contributed by atoms with Crippen LogP contribution in [-0.2, 0) is 14.8 Å². The molecule has 1 aromatic rings. The molecule has 3 heterocycles. The van der Waals surface area contributed by atoms with Crippen LogP contribution in [0.15, 0.2) is 29.2 Å². The summed E-state index contributed by atoms with van der Waals surface area (Å²) in [6.45, 7) is -1.43. The van der Waals surface area contributed by atoms with Gasteiger partial charge in [-0.05, 0) is 56.4 Å². The van der Waals surface area contributed by atoms with Gasteiger partial charge in [0.1, 0.15) is 5.75 Å². The van der Waals surface area contributed by atoms with Crippen LogP contribution in [0.1, 0.15) is 32.1 Å². The van der Waals surface area contributed by atoms with Gasteiger partial charge in [0.2, 0.25) is 10.0 Å². The van der Waals surface area contributed by atoms with E-state index in [1.165, 1.54) is 24.3 Å². The molecule has 3 unspecified atom stereocenters. The van der Waals surface area contributed by atoms with Crippen LogP contribution < -0.4 is 10.1 Å². The van der Waals surface area contributed by atoms with E-state index in [0.717, 1.165) is 45.3 Å². The number of piperidine rings is 1. The van der Waals surface area contributed by atoms with Crippen molar-refractivity contribution in [1.82, 2.24) is 9.62 Å². The molecule has 0 aliphatic carbocycles. The topological polar surface area (TPSA) is 67.9 Å². The van der Waals surface area contributed by atoms with E-state index >= 15 is 0 Å². The number of ether oxygens (including phenoxy) is 2. The molecule has 2 bridgehead atoms. The fourth-order valence-electron chi connectivity index (χ4n) is 4.58. The molecule has 0 saturated carbocycles. The van der Waals surface area contributed by atoms with Gasteiger partial charge in [-0.15, -0.1) is 0 Å². The molecule has 0 spiro atoms. The molecule has 3 aliphatic rings. The first kappa shape index (κ1) is 19.0. The molecule has 0 aromatic heterocycles. The Bertz CT molecular complexity index is 739. The first-order chi connectivity index (χ1) is 12.9. The molecule has 9 heteroatoms. The SMILES string of the molecule is O=S(=O)(c1ccc(OC(F)F)cc1)N1C2CCC1CC(NC1CCOC1)C2. The lowest BCUT2D eigenvalue weighted by Gasteiger charge is -2.39. The molecule has 0 radical (unpaired) electrons. The average Bonchev–Trinajstić information content (AvgIpc) is 3.21. The third-order valence-corrected chi connectivity index (χ3v) is 7.71. The number of halogens is 2. The van der Waals surface area contributed by atoms with Gasteiger partial charge < -0.3 is 14.8 Å². The van der Waals surface area contributed by atoms with Gasteiger partial charge in [0.25, 0.3) is 0 Å². The summed E-state index contributed by atoms with van der Waals surface area (Å²) in [7, 11) is -3.66. The monoisotopic (exact) mass is 402 g/mol. The Morgan fingerprint density at radius 1 is 1.07 bits per heavy atom. The second-order valence-electron chi connectivity index (χ2n) is 7.47. The molecule has 27 heavy (non-hydrogen) atoms. The largest absolute Gasteiger partial charge is 0.435 e. The van der Waals surface area contributed by atoms with Gasteiger partial charge in [0.05, 0.1) is 11.5 Å². The van der Waals surface area contributed by atoms with Crippen molar-refractivity contribution in [1.29, 1.82) is 0 Å². The quantitative estimate of drug-likeness (QED) is 0.791. The second kappa shape index (κ2) is 7.62.